The third-order valence-corrected chi connectivity index (χ3v) is 5.08. The Morgan fingerprint density at radius 2 is 1.74 bits per heavy atom. The average Bonchev–Trinajstić information content (AvgIpc) is 2.96. The summed E-state index contributed by atoms with van der Waals surface area (Å²) in [6.07, 6.45) is 1.91. The highest BCUT2D eigenvalue weighted by Gasteiger charge is 2.52. The minimum absolute atomic E-state index is 0.391. The predicted molar refractivity (Wildman–Crippen MR) is 93.5 cm³/mol. The van der Waals surface area contributed by atoms with Crippen LogP contribution in [0.5, 0.6) is 5.75 Å². The van der Waals surface area contributed by atoms with Crippen LogP contribution in [0, 0.1) is 0 Å². The summed E-state index contributed by atoms with van der Waals surface area (Å²) in [4.78, 5) is 4.55. The fourth-order valence-electron chi connectivity index (χ4n) is 2.45. The maximum absolute atomic E-state index is 6.06. The highest BCUT2D eigenvalue weighted by molar-refractivity contribution is 9.10. The Labute approximate surface area is 145 Å². The zero-order valence-corrected chi connectivity index (χ0v) is 15.5. The molecule has 23 heavy (non-hydrogen) atoms. The molecule has 0 saturated carbocycles. The highest BCUT2D eigenvalue weighted by atomic mass is 79.9. The first-order valence-electron chi connectivity index (χ1n) is 7.49. The lowest BCUT2D eigenvalue weighted by Crippen LogP contribution is -2.41. The number of ether oxygens (including phenoxy) is 1. The molecule has 0 radical (unpaired) electrons. The summed E-state index contributed by atoms with van der Waals surface area (Å²) in [5, 5.41) is 0. The minimum Gasteiger partial charge on any atom is -0.495 e. The van der Waals surface area contributed by atoms with Crippen LogP contribution in [0.1, 0.15) is 27.7 Å². The lowest BCUT2D eigenvalue weighted by Gasteiger charge is -2.32. The van der Waals surface area contributed by atoms with E-state index >= 15 is 0 Å². The molecular formula is C16H20BBrN2O3. The van der Waals surface area contributed by atoms with Crippen molar-refractivity contribution in [3.05, 3.63) is 35.2 Å². The Bertz CT molecular complexity index is 714. The number of rotatable bonds is 3. The van der Waals surface area contributed by atoms with Gasteiger partial charge in [0.05, 0.1) is 29.6 Å². The van der Waals surface area contributed by atoms with Gasteiger partial charge in [-0.15, -0.1) is 0 Å². The van der Waals surface area contributed by atoms with Crippen LogP contribution in [0.3, 0.4) is 0 Å². The first-order valence-corrected chi connectivity index (χ1v) is 8.28. The van der Waals surface area contributed by atoms with E-state index in [1.807, 2.05) is 62.7 Å². The maximum Gasteiger partial charge on any atom is 0.516 e. The molecule has 122 valence electrons. The van der Waals surface area contributed by atoms with Gasteiger partial charge in [0, 0.05) is 6.20 Å². The molecule has 1 aliphatic heterocycles. The molecule has 5 nitrogen and oxygen atoms in total. The standard InChI is InChI=1S/C16H20BBrN2O3/c1-15(2)16(3,4)23-17(22-15)13-10-20(14(18)19-13)11-8-6-7-9-12(11)21-5/h6-10H,1-5H3. The third kappa shape index (κ3) is 2.81. The van der Waals surface area contributed by atoms with Crippen molar-refractivity contribution in [1.29, 1.82) is 0 Å². The summed E-state index contributed by atoms with van der Waals surface area (Å²) in [6.45, 7) is 8.11. The SMILES string of the molecule is COc1ccccc1-n1cc(B2OC(C)(C)C(C)(C)O2)nc1Br. The summed E-state index contributed by atoms with van der Waals surface area (Å²) in [5.41, 5.74) is 0.843. The van der Waals surface area contributed by atoms with Crippen LogP contribution < -0.4 is 10.3 Å². The van der Waals surface area contributed by atoms with Gasteiger partial charge in [-0.25, -0.2) is 4.98 Å². The second kappa shape index (κ2) is 5.65. The Balaban J connectivity index is 1.97. The normalized spacial score (nSPS) is 19.1. The van der Waals surface area contributed by atoms with Crippen molar-refractivity contribution in [2.24, 2.45) is 0 Å². The smallest absolute Gasteiger partial charge is 0.495 e. The number of benzene rings is 1. The molecule has 1 aromatic carbocycles. The van der Waals surface area contributed by atoms with Crippen LogP contribution in [0.15, 0.2) is 35.2 Å². The van der Waals surface area contributed by atoms with E-state index in [2.05, 4.69) is 20.9 Å². The Morgan fingerprint density at radius 1 is 1.13 bits per heavy atom. The largest absolute Gasteiger partial charge is 0.516 e. The van der Waals surface area contributed by atoms with Crippen LogP contribution in [0.2, 0.25) is 0 Å². The fraction of sp³-hybridized carbons (Fsp3) is 0.438. The number of imidazole rings is 1. The van der Waals surface area contributed by atoms with Gasteiger partial charge < -0.3 is 14.0 Å². The van der Waals surface area contributed by atoms with Crippen LogP contribution in [0.4, 0.5) is 0 Å². The molecule has 1 fully saturated rings. The summed E-state index contributed by atoms with van der Waals surface area (Å²) in [5.74, 6) is 0.770. The minimum atomic E-state index is -0.493. The molecule has 0 aliphatic carbocycles. The summed E-state index contributed by atoms with van der Waals surface area (Å²) in [7, 11) is 1.16. The third-order valence-electron chi connectivity index (χ3n) is 4.52. The molecule has 1 saturated heterocycles. The first kappa shape index (κ1) is 16.5. The van der Waals surface area contributed by atoms with Gasteiger partial charge in [0.1, 0.15) is 5.75 Å². The summed E-state index contributed by atoms with van der Waals surface area (Å²) >= 11 is 3.51. The molecule has 1 aliphatic rings. The van der Waals surface area contributed by atoms with E-state index in [1.54, 1.807) is 7.11 Å². The van der Waals surface area contributed by atoms with Crippen molar-refractivity contribution in [2.45, 2.75) is 38.9 Å². The summed E-state index contributed by atoms with van der Waals surface area (Å²) < 4.78 is 20.1. The molecular weight excluding hydrogens is 359 g/mol. The number of hydrogen-bond acceptors (Lipinski definition) is 4. The number of halogens is 1. The quantitative estimate of drug-likeness (QED) is 0.770. The molecule has 0 bridgehead atoms. The second-order valence-electron chi connectivity index (χ2n) is 6.56. The Hall–Kier alpha value is -1.31. The van der Waals surface area contributed by atoms with Crippen molar-refractivity contribution in [3.8, 4) is 11.4 Å². The molecule has 1 aromatic heterocycles. The second-order valence-corrected chi connectivity index (χ2v) is 7.27. The van der Waals surface area contributed by atoms with E-state index in [0.29, 0.717) is 4.73 Å². The molecule has 0 unspecified atom stereocenters. The molecule has 0 spiro atoms. The van der Waals surface area contributed by atoms with Gasteiger partial charge in [0.25, 0.3) is 0 Å². The fourth-order valence-corrected chi connectivity index (χ4v) is 2.95. The van der Waals surface area contributed by atoms with E-state index in [1.165, 1.54) is 0 Å². The van der Waals surface area contributed by atoms with Gasteiger partial charge in [-0.2, -0.15) is 0 Å². The van der Waals surface area contributed by atoms with Crippen molar-refractivity contribution in [2.75, 3.05) is 7.11 Å². The summed E-state index contributed by atoms with van der Waals surface area (Å²) in [6, 6.07) is 7.77. The van der Waals surface area contributed by atoms with Crippen LogP contribution >= 0.6 is 15.9 Å². The lowest BCUT2D eigenvalue weighted by molar-refractivity contribution is 0.00578. The zero-order valence-electron chi connectivity index (χ0n) is 14.0. The van der Waals surface area contributed by atoms with Crippen LogP contribution in [-0.2, 0) is 9.31 Å². The van der Waals surface area contributed by atoms with Crippen LogP contribution in [0.25, 0.3) is 5.69 Å². The molecule has 0 N–H and O–H groups in total. The number of nitrogens with zero attached hydrogens (tertiary/aromatic N) is 2. The van der Waals surface area contributed by atoms with Crippen molar-refractivity contribution in [1.82, 2.24) is 9.55 Å². The van der Waals surface area contributed by atoms with E-state index in [-0.39, 0.29) is 0 Å². The van der Waals surface area contributed by atoms with Crippen molar-refractivity contribution in [3.63, 3.8) is 0 Å². The topological polar surface area (TPSA) is 45.5 Å². The van der Waals surface area contributed by atoms with E-state index < -0.39 is 18.3 Å². The highest BCUT2D eigenvalue weighted by Crippen LogP contribution is 2.36. The molecule has 0 atom stereocenters. The average molecular weight is 379 g/mol. The first-order chi connectivity index (χ1) is 10.7. The van der Waals surface area contributed by atoms with Gasteiger partial charge in [-0.3, -0.25) is 4.57 Å². The molecule has 2 heterocycles. The molecule has 3 rings (SSSR count). The Kier molecular flexibility index (Phi) is 4.06. The maximum atomic E-state index is 6.06. The number of aromatic nitrogens is 2. The monoisotopic (exact) mass is 378 g/mol. The number of para-hydroxylation sites is 2. The van der Waals surface area contributed by atoms with Crippen molar-refractivity contribution < 1.29 is 14.0 Å². The van der Waals surface area contributed by atoms with E-state index in [9.17, 15) is 0 Å². The molecule has 2 aromatic rings. The number of hydrogen-bond donors (Lipinski definition) is 0. The van der Waals surface area contributed by atoms with Crippen molar-refractivity contribution >= 4 is 28.6 Å². The van der Waals surface area contributed by atoms with Gasteiger partial charge in [-0.05, 0) is 55.8 Å². The van der Waals surface area contributed by atoms with Gasteiger partial charge >= 0.3 is 7.12 Å². The molecule has 0 amide bonds. The van der Waals surface area contributed by atoms with Crippen LogP contribution in [-0.4, -0.2) is 35.0 Å². The van der Waals surface area contributed by atoms with Gasteiger partial charge in [0.15, 0.2) is 4.73 Å². The Morgan fingerprint density at radius 3 is 2.35 bits per heavy atom. The van der Waals surface area contributed by atoms with Gasteiger partial charge in [0.2, 0.25) is 0 Å². The predicted octanol–water partition coefficient (Wildman–Crippen LogP) is 2.94. The van der Waals surface area contributed by atoms with E-state index in [4.69, 9.17) is 14.0 Å². The van der Waals surface area contributed by atoms with Gasteiger partial charge in [-0.1, -0.05) is 12.1 Å². The lowest BCUT2D eigenvalue weighted by atomic mass is 9.86. The zero-order chi connectivity index (χ0) is 16.8. The molecule has 7 heteroatoms. The number of methoxy groups -OCH3 is 1. The van der Waals surface area contributed by atoms with E-state index in [0.717, 1.165) is 17.0 Å².